The van der Waals surface area contributed by atoms with Gasteiger partial charge < -0.3 is 10.1 Å². The predicted molar refractivity (Wildman–Crippen MR) is 77.5 cm³/mol. The van der Waals surface area contributed by atoms with Crippen LogP contribution in [0.25, 0.3) is 0 Å². The Labute approximate surface area is 124 Å². The molecule has 0 saturated carbocycles. The maximum absolute atomic E-state index is 5.81. The summed E-state index contributed by atoms with van der Waals surface area (Å²) in [6.07, 6.45) is 0. The maximum atomic E-state index is 5.81. The van der Waals surface area contributed by atoms with Crippen LogP contribution >= 0.6 is 27.5 Å². The summed E-state index contributed by atoms with van der Waals surface area (Å²) in [5, 5.41) is 3.07. The molecule has 2 aromatic rings. The Bertz CT molecular complexity index is 567. The monoisotopic (exact) mass is 342 g/mol. The first-order chi connectivity index (χ1) is 9.19. The van der Waals surface area contributed by atoms with Crippen molar-refractivity contribution in [2.75, 3.05) is 11.9 Å². The van der Waals surface area contributed by atoms with Gasteiger partial charge in [-0.25, -0.2) is 0 Å². The zero-order valence-electron chi connectivity index (χ0n) is 10.2. The van der Waals surface area contributed by atoms with E-state index in [0.29, 0.717) is 19.1 Å². The highest BCUT2D eigenvalue weighted by Crippen LogP contribution is 2.18. The van der Waals surface area contributed by atoms with Crippen LogP contribution in [0.3, 0.4) is 0 Å². The molecule has 0 amide bonds. The molecule has 1 N–H and O–H groups in total. The Morgan fingerprint density at radius 3 is 2.79 bits per heavy atom. The number of hydrogen-bond acceptors (Lipinski definition) is 5. The zero-order chi connectivity index (χ0) is 13.7. The standard InChI is InChI=1S/C12H12BrClN4O/c1-2-15-11-16-10(14)17-12(18-11)19-7-8-5-3-4-6-9(8)13/h3-6H,2,7H2,1H3,(H,15,16,17,18). The van der Waals surface area contributed by atoms with E-state index in [2.05, 4.69) is 36.2 Å². The quantitative estimate of drug-likeness (QED) is 0.902. The summed E-state index contributed by atoms with van der Waals surface area (Å²) < 4.78 is 6.50. The van der Waals surface area contributed by atoms with E-state index in [1.807, 2.05) is 31.2 Å². The molecular formula is C12H12BrClN4O. The third-order valence-electron chi connectivity index (χ3n) is 2.24. The molecule has 0 aliphatic heterocycles. The van der Waals surface area contributed by atoms with Gasteiger partial charge in [0, 0.05) is 16.6 Å². The van der Waals surface area contributed by atoms with E-state index >= 15 is 0 Å². The number of benzene rings is 1. The fourth-order valence-electron chi connectivity index (χ4n) is 1.39. The second-order valence-electron chi connectivity index (χ2n) is 3.62. The van der Waals surface area contributed by atoms with Crippen LogP contribution in [0, 0.1) is 0 Å². The second kappa shape index (κ2) is 6.68. The van der Waals surface area contributed by atoms with Gasteiger partial charge in [0.15, 0.2) is 0 Å². The largest absolute Gasteiger partial charge is 0.458 e. The highest BCUT2D eigenvalue weighted by Gasteiger charge is 2.06. The van der Waals surface area contributed by atoms with Gasteiger partial charge in [-0.3, -0.25) is 0 Å². The van der Waals surface area contributed by atoms with Gasteiger partial charge in [0.2, 0.25) is 11.2 Å². The number of hydrogen-bond donors (Lipinski definition) is 1. The van der Waals surface area contributed by atoms with Gasteiger partial charge >= 0.3 is 6.01 Å². The predicted octanol–water partition coefficient (Wildman–Crippen LogP) is 3.30. The first-order valence-corrected chi connectivity index (χ1v) is 6.87. The van der Waals surface area contributed by atoms with Crippen LogP contribution in [0.15, 0.2) is 28.7 Å². The van der Waals surface area contributed by atoms with Crippen molar-refractivity contribution in [3.8, 4) is 6.01 Å². The highest BCUT2D eigenvalue weighted by atomic mass is 79.9. The van der Waals surface area contributed by atoms with Gasteiger partial charge in [0.25, 0.3) is 0 Å². The Hall–Kier alpha value is -1.40. The van der Waals surface area contributed by atoms with Crippen LogP contribution in [0.1, 0.15) is 12.5 Å². The summed E-state index contributed by atoms with van der Waals surface area (Å²) in [7, 11) is 0. The molecule has 0 radical (unpaired) electrons. The van der Waals surface area contributed by atoms with Crippen LogP contribution in [-0.2, 0) is 6.61 Å². The minimum atomic E-state index is 0.105. The molecule has 1 heterocycles. The lowest BCUT2D eigenvalue weighted by Crippen LogP contribution is -2.06. The second-order valence-corrected chi connectivity index (χ2v) is 4.81. The van der Waals surface area contributed by atoms with Crippen molar-refractivity contribution in [2.45, 2.75) is 13.5 Å². The van der Waals surface area contributed by atoms with E-state index in [1.54, 1.807) is 0 Å². The van der Waals surface area contributed by atoms with Crippen LogP contribution in [0.5, 0.6) is 6.01 Å². The van der Waals surface area contributed by atoms with Crippen molar-refractivity contribution in [2.24, 2.45) is 0 Å². The molecule has 2 rings (SSSR count). The molecule has 19 heavy (non-hydrogen) atoms. The molecule has 0 saturated heterocycles. The number of nitrogens with one attached hydrogen (secondary N) is 1. The van der Waals surface area contributed by atoms with Crippen LogP contribution in [-0.4, -0.2) is 21.5 Å². The van der Waals surface area contributed by atoms with Crippen molar-refractivity contribution in [3.05, 3.63) is 39.6 Å². The van der Waals surface area contributed by atoms with E-state index < -0.39 is 0 Å². The number of nitrogens with zero attached hydrogens (tertiary/aromatic N) is 3. The third-order valence-corrected chi connectivity index (χ3v) is 3.18. The number of ether oxygens (including phenoxy) is 1. The molecule has 0 aliphatic carbocycles. The Balaban J connectivity index is 2.09. The molecule has 0 atom stereocenters. The molecule has 7 heteroatoms. The van der Waals surface area contributed by atoms with E-state index in [4.69, 9.17) is 16.3 Å². The minimum Gasteiger partial charge on any atom is -0.458 e. The fraction of sp³-hybridized carbons (Fsp3) is 0.250. The summed E-state index contributed by atoms with van der Waals surface area (Å²) in [5.74, 6) is 0.407. The molecule has 0 fully saturated rings. The van der Waals surface area contributed by atoms with Crippen LogP contribution < -0.4 is 10.1 Å². The molecule has 1 aromatic carbocycles. The van der Waals surface area contributed by atoms with Crippen LogP contribution in [0.4, 0.5) is 5.95 Å². The number of anilines is 1. The van der Waals surface area contributed by atoms with Gasteiger partial charge in [-0.05, 0) is 24.6 Å². The molecule has 1 aromatic heterocycles. The smallest absolute Gasteiger partial charge is 0.322 e. The highest BCUT2D eigenvalue weighted by molar-refractivity contribution is 9.10. The Kier molecular flexibility index (Phi) is 4.93. The minimum absolute atomic E-state index is 0.105. The van der Waals surface area contributed by atoms with Crippen molar-refractivity contribution < 1.29 is 4.74 Å². The SMILES string of the molecule is CCNc1nc(Cl)nc(OCc2ccccc2Br)n1. The number of halogens is 2. The summed E-state index contributed by atoms with van der Waals surface area (Å²) in [5.41, 5.74) is 1.00. The van der Waals surface area contributed by atoms with Crippen molar-refractivity contribution >= 4 is 33.5 Å². The normalized spacial score (nSPS) is 10.3. The van der Waals surface area contributed by atoms with Crippen LogP contribution in [0.2, 0.25) is 5.28 Å². The first-order valence-electron chi connectivity index (χ1n) is 5.70. The van der Waals surface area contributed by atoms with E-state index in [-0.39, 0.29) is 11.3 Å². The summed E-state index contributed by atoms with van der Waals surface area (Å²) >= 11 is 9.26. The van der Waals surface area contributed by atoms with Gasteiger partial charge in [-0.15, -0.1) is 0 Å². The average molecular weight is 344 g/mol. The molecule has 0 bridgehead atoms. The summed E-state index contributed by atoms with van der Waals surface area (Å²) in [6, 6.07) is 7.98. The Morgan fingerprint density at radius 2 is 2.05 bits per heavy atom. The van der Waals surface area contributed by atoms with Gasteiger partial charge in [-0.2, -0.15) is 15.0 Å². The number of aromatic nitrogens is 3. The van der Waals surface area contributed by atoms with Crippen molar-refractivity contribution in [1.82, 2.24) is 15.0 Å². The topological polar surface area (TPSA) is 59.9 Å². The molecule has 0 aliphatic rings. The molecule has 5 nitrogen and oxygen atoms in total. The van der Waals surface area contributed by atoms with Gasteiger partial charge in [0.05, 0.1) is 0 Å². The van der Waals surface area contributed by atoms with E-state index in [9.17, 15) is 0 Å². The molecule has 100 valence electrons. The van der Waals surface area contributed by atoms with E-state index in [0.717, 1.165) is 10.0 Å². The molecular weight excluding hydrogens is 332 g/mol. The summed E-state index contributed by atoms with van der Waals surface area (Å²) in [4.78, 5) is 12.0. The van der Waals surface area contributed by atoms with Crippen molar-refractivity contribution in [3.63, 3.8) is 0 Å². The van der Waals surface area contributed by atoms with Gasteiger partial charge in [-0.1, -0.05) is 34.1 Å². The maximum Gasteiger partial charge on any atom is 0.322 e. The lowest BCUT2D eigenvalue weighted by atomic mass is 10.2. The van der Waals surface area contributed by atoms with Crippen molar-refractivity contribution in [1.29, 1.82) is 0 Å². The zero-order valence-corrected chi connectivity index (χ0v) is 12.6. The molecule has 0 unspecified atom stereocenters. The van der Waals surface area contributed by atoms with Gasteiger partial charge in [0.1, 0.15) is 6.61 Å². The average Bonchev–Trinajstić information content (AvgIpc) is 2.37. The Morgan fingerprint density at radius 1 is 1.26 bits per heavy atom. The van der Waals surface area contributed by atoms with E-state index in [1.165, 1.54) is 0 Å². The third kappa shape index (κ3) is 4.04. The first kappa shape index (κ1) is 14.0. The fourth-order valence-corrected chi connectivity index (χ4v) is 1.94. The lowest BCUT2D eigenvalue weighted by Gasteiger charge is -2.07. The summed E-state index contributed by atoms with van der Waals surface area (Å²) in [6.45, 7) is 3.00. The lowest BCUT2D eigenvalue weighted by molar-refractivity contribution is 0.279. The molecule has 0 spiro atoms. The number of rotatable bonds is 5.